The third-order valence-corrected chi connectivity index (χ3v) is 5.65. The van der Waals surface area contributed by atoms with Crippen molar-refractivity contribution in [3.63, 3.8) is 0 Å². The molecule has 1 aliphatic rings. The number of ether oxygens (including phenoxy) is 1. The fourth-order valence-electron chi connectivity index (χ4n) is 4.05. The van der Waals surface area contributed by atoms with Crippen LogP contribution < -0.4 is 0 Å². The molecule has 1 fully saturated rings. The van der Waals surface area contributed by atoms with Gasteiger partial charge in [0, 0.05) is 37.7 Å². The molecule has 0 aliphatic carbocycles. The Balaban J connectivity index is 1.68. The zero-order valence-electron chi connectivity index (χ0n) is 18.6. The second kappa shape index (κ2) is 9.76. The minimum absolute atomic E-state index is 0.0400. The molecule has 2 aromatic heterocycles. The Bertz CT molecular complexity index is 954. The summed E-state index contributed by atoms with van der Waals surface area (Å²) < 4.78 is 7.03. The van der Waals surface area contributed by atoms with Crippen LogP contribution in [0.3, 0.4) is 0 Å². The fraction of sp³-hybridized carbons (Fsp3) is 0.478. The number of hydrogen-bond donors (Lipinski definition) is 0. The third kappa shape index (κ3) is 4.95. The van der Waals surface area contributed by atoms with Crippen molar-refractivity contribution < 1.29 is 19.1 Å². The van der Waals surface area contributed by atoms with Crippen LogP contribution in [0.2, 0.25) is 0 Å². The number of esters is 1. The molecule has 3 rings (SSSR count). The van der Waals surface area contributed by atoms with Crippen molar-refractivity contribution in [1.29, 1.82) is 0 Å². The molecular weight excluding hydrogens is 396 g/mol. The van der Waals surface area contributed by atoms with Crippen LogP contribution in [0.4, 0.5) is 0 Å². The van der Waals surface area contributed by atoms with Crippen LogP contribution in [0.15, 0.2) is 30.5 Å². The molecule has 0 bridgehead atoms. The summed E-state index contributed by atoms with van der Waals surface area (Å²) >= 11 is 0. The Hall–Kier alpha value is -3.16. The van der Waals surface area contributed by atoms with Gasteiger partial charge in [0.2, 0.25) is 5.91 Å². The molecule has 1 aliphatic heterocycles. The van der Waals surface area contributed by atoms with Gasteiger partial charge in [0.15, 0.2) is 0 Å². The Morgan fingerprint density at radius 1 is 1.26 bits per heavy atom. The maximum atomic E-state index is 13.1. The van der Waals surface area contributed by atoms with E-state index < -0.39 is 0 Å². The molecule has 1 atom stereocenters. The second-order valence-electron chi connectivity index (χ2n) is 7.90. The molecule has 0 N–H and O–H groups in total. The first-order valence-electron chi connectivity index (χ1n) is 10.6. The number of pyridine rings is 1. The van der Waals surface area contributed by atoms with Gasteiger partial charge in [0.1, 0.15) is 5.82 Å². The second-order valence-corrected chi connectivity index (χ2v) is 7.90. The molecule has 1 unspecified atom stereocenters. The van der Waals surface area contributed by atoms with E-state index in [0.717, 1.165) is 30.0 Å². The predicted octanol–water partition coefficient (Wildman–Crippen LogP) is 2.36. The van der Waals surface area contributed by atoms with Crippen molar-refractivity contribution in [2.24, 2.45) is 5.92 Å². The van der Waals surface area contributed by atoms with E-state index in [1.54, 1.807) is 25.1 Å². The summed E-state index contributed by atoms with van der Waals surface area (Å²) in [6.07, 6.45) is 3.18. The first-order chi connectivity index (χ1) is 14.8. The van der Waals surface area contributed by atoms with Gasteiger partial charge in [0.05, 0.1) is 24.6 Å². The van der Waals surface area contributed by atoms with Crippen LogP contribution in [0.25, 0.3) is 5.82 Å². The van der Waals surface area contributed by atoms with Gasteiger partial charge in [-0.25, -0.2) is 4.98 Å². The number of likely N-dealkylation sites (N-methyl/N-ethyl adjacent to an activating group) is 1. The Morgan fingerprint density at radius 2 is 2.03 bits per heavy atom. The largest absolute Gasteiger partial charge is 0.466 e. The molecule has 1 saturated heterocycles. The first kappa shape index (κ1) is 22.5. The van der Waals surface area contributed by atoms with Crippen LogP contribution in [-0.2, 0) is 14.3 Å². The Morgan fingerprint density at radius 3 is 2.71 bits per heavy atom. The molecule has 0 saturated carbocycles. The summed E-state index contributed by atoms with van der Waals surface area (Å²) in [7, 11) is 1.62. The Labute approximate surface area is 182 Å². The topological polar surface area (TPSA) is 84.7 Å². The molecule has 31 heavy (non-hydrogen) atoms. The van der Waals surface area contributed by atoms with Crippen LogP contribution in [-0.4, -0.2) is 70.4 Å². The van der Waals surface area contributed by atoms with Gasteiger partial charge in [0.25, 0.3) is 5.91 Å². The van der Waals surface area contributed by atoms with E-state index >= 15 is 0 Å². The molecule has 2 aromatic rings. The highest BCUT2D eigenvalue weighted by molar-refractivity contribution is 5.97. The van der Waals surface area contributed by atoms with Gasteiger partial charge >= 0.3 is 5.97 Å². The van der Waals surface area contributed by atoms with Crippen LogP contribution >= 0.6 is 0 Å². The van der Waals surface area contributed by atoms with E-state index in [2.05, 4.69) is 4.98 Å². The number of nitrogens with zero attached hydrogens (tertiary/aromatic N) is 4. The normalized spacial score (nSPS) is 16.1. The van der Waals surface area contributed by atoms with Crippen molar-refractivity contribution in [1.82, 2.24) is 19.4 Å². The number of hydrogen-bond acceptors (Lipinski definition) is 5. The lowest BCUT2D eigenvalue weighted by atomic mass is 9.98. The Kier molecular flexibility index (Phi) is 7.09. The van der Waals surface area contributed by atoms with Gasteiger partial charge in [-0.1, -0.05) is 6.07 Å². The van der Waals surface area contributed by atoms with Gasteiger partial charge in [-0.15, -0.1) is 0 Å². The summed E-state index contributed by atoms with van der Waals surface area (Å²) in [5, 5.41) is 0. The summed E-state index contributed by atoms with van der Waals surface area (Å²) in [4.78, 5) is 45.4. The van der Waals surface area contributed by atoms with Crippen molar-refractivity contribution >= 4 is 17.8 Å². The maximum absolute atomic E-state index is 13.1. The SMILES string of the molecule is CCOC(=O)C1CCCN(C(=O)CN(C)C(=O)c2cc(C)n(-c3ccccn3)c2C)C1. The lowest BCUT2D eigenvalue weighted by Crippen LogP contribution is -2.47. The van der Waals surface area contributed by atoms with Crippen molar-refractivity contribution in [3.8, 4) is 5.82 Å². The quantitative estimate of drug-likeness (QED) is 0.662. The summed E-state index contributed by atoms with van der Waals surface area (Å²) in [6.45, 7) is 6.79. The summed E-state index contributed by atoms with van der Waals surface area (Å²) in [6, 6.07) is 7.45. The minimum atomic E-state index is -0.295. The molecule has 3 heterocycles. The predicted molar refractivity (Wildman–Crippen MR) is 116 cm³/mol. The zero-order chi connectivity index (χ0) is 22.5. The van der Waals surface area contributed by atoms with E-state index in [1.807, 2.05) is 42.7 Å². The molecule has 8 nitrogen and oxygen atoms in total. The van der Waals surface area contributed by atoms with Crippen LogP contribution in [0, 0.1) is 19.8 Å². The van der Waals surface area contributed by atoms with Gasteiger partial charge in [-0.3, -0.25) is 14.4 Å². The molecule has 8 heteroatoms. The van der Waals surface area contributed by atoms with Gasteiger partial charge in [-0.2, -0.15) is 0 Å². The van der Waals surface area contributed by atoms with E-state index in [9.17, 15) is 14.4 Å². The first-order valence-corrected chi connectivity index (χ1v) is 10.6. The summed E-state index contributed by atoms with van der Waals surface area (Å²) in [5.74, 6) is -0.193. The van der Waals surface area contributed by atoms with Crippen molar-refractivity contribution in [3.05, 3.63) is 47.4 Å². The number of amides is 2. The number of piperidine rings is 1. The average molecular weight is 427 g/mol. The molecule has 0 radical (unpaired) electrons. The molecule has 2 amide bonds. The van der Waals surface area contributed by atoms with Crippen LogP contribution in [0.1, 0.15) is 41.5 Å². The van der Waals surface area contributed by atoms with E-state index in [-0.39, 0.29) is 30.2 Å². The number of rotatable bonds is 6. The molecule has 0 spiro atoms. The smallest absolute Gasteiger partial charge is 0.310 e. The van der Waals surface area contributed by atoms with Crippen molar-refractivity contribution in [2.75, 3.05) is 33.3 Å². The zero-order valence-corrected chi connectivity index (χ0v) is 18.6. The van der Waals surface area contributed by atoms with Crippen LogP contribution in [0.5, 0.6) is 0 Å². The number of likely N-dealkylation sites (tertiary alicyclic amines) is 1. The lowest BCUT2D eigenvalue weighted by molar-refractivity contribution is -0.151. The number of aromatic nitrogens is 2. The monoisotopic (exact) mass is 426 g/mol. The highest BCUT2D eigenvalue weighted by atomic mass is 16.5. The molecule has 166 valence electrons. The van der Waals surface area contributed by atoms with E-state index in [1.165, 1.54) is 4.90 Å². The van der Waals surface area contributed by atoms with E-state index in [4.69, 9.17) is 4.74 Å². The van der Waals surface area contributed by atoms with Crippen molar-refractivity contribution in [2.45, 2.75) is 33.6 Å². The maximum Gasteiger partial charge on any atom is 0.310 e. The number of carbonyl (C=O) groups excluding carboxylic acids is 3. The standard InChI is InChI=1S/C23H30N4O4/c1-5-31-23(30)18-9-8-12-26(14-18)21(28)15-25(4)22(29)19-13-16(2)27(17(19)3)20-10-6-7-11-24-20/h6-7,10-11,13,18H,5,8-9,12,14-15H2,1-4H3. The lowest BCUT2D eigenvalue weighted by Gasteiger charge is -2.32. The van der Waals surface area contributed by atoms with Gasteiger partial charge < -0.3 is 19.1 Å². The summed E-state index contributed by atoms with van der Waals surface area (Å²) in [5.41, 5.74) is 2.22. The molecule has 0 aromatic carbocycles. The minimum Gasteiger partial charge on any atom is -0.466 e. The highest BCUT2D eigenvalue weighted by Gasteiger charge is 2.30. The number of carbonyl (C=O) groups is 3. The average Bonchev–Trinajstić information content (AvgIpc) is 3.07. The van der Waals surface area contributed by atoms with E-state index in [0.29, 0.717) is 25.3 Å². The molecular formula is C23H30N4O4. The fourth-order valence-corrected chi connectivity index (χ4v) is 4.05. The highest BCUT2D eigenvalue weighted by Crippen LogP contribution is 2.21. The van der Waals surface area contributed by atoms with Gasteiger partial charge in [-0.05, 0) is 51.8 Å². The number of aryl methyl sites for hydroxylation is 1. The third-order valence-electron chi connectivity index (χ3n) is 5.65.